The Labute approximate surface area is 259 Å². The summed E-state index contributed by atoms with van der Waals surface area (Å²) in [5.74, 6) is -2.27. The summed E-state index contributed by atoms with van der Waals surface area (Å²) in [5.41, 5.74) is -1.06. The van der Waals surface area contributed by atoms with E-state index in [9.17, 15) is 31.8 Å². The molecule has 0 spiro atoms. The molecule has 2 aromatic carbocycles. The standard InChI is InChI=1S/C16H12N4O9S2.3Na/c21-15-13(18-17-9-1-5-11(6-2-9)30(24,25)26)14(16(22)23)19-20(15)10-3-7-12(8-4-10)31(27,28)29;;;/h1-8,21H,(H,22,23)(H,24,25,26)(H,27,28,29);;;/q;3*+1/b18-17+;;;. The molecule has 0 saturated carbocycles. The van der Waals surface area contributed by atoms with Gasteiger partial charge in [0.05, 0.1) is 21.2 Å². The second-order valence-corrected chi connectivity index (χ2v) is 8.72. The first-order valence-electron chi connectivity index (χ1n) is 8.00. The van der Waals surface area contributed by atoms with Crippen molar-refractivity contribution in [2.75, 3.05) is 0 Å². The first-order chi connectivity index (χ1) is 14.4. The van der Waals surface area contributed by atoms with Gasteiger partial charge in [-0.15, -0.1) is 5.11 Å². The van der Waals surface area contributed by atoms with Crippen LogP contribution in [0.1, 0.15) is 10.5 Å². The minimum atomic E-state index is -4.45. The van der Waals surface area contributed by atoms with Gasteiger partial charge in [-0.05, 0) is 48.5 Å². The maximum absolute atomic E-state index is 11.5. The molecule has 0 bridgehead atoms. The zero-order valence-electron chi connectivity index (χ0n) is 18.1. The Morgan fingerprint density at radius 2 is 1.24 bits per heavy atom. The van der Waals surface area contributed by atoms with Gasteiger partial charge in [0.25, 0.3) is 20.2 Å². The van der Waals surface area contributed by atoms with E-state index in [1.165, 1.54) is 12.1 Å². The first-order valence-corrected chi connectivity index (χ1v) is 10.9. The molecule has 34 heavy (non-hydrogen) atoms. The van der Waals surface area contributed by atoms with E-state index >= 15 is 0 Å². The van der Waals surface area contributed by atoms with Gasteiger partial charge in [-0.1, -0.05) is 0 Å². The van der Waals surface area contributed by atoms with E-state index in [4.69, 9.17) is 9.11 Å². The van der Waals surface area contributed by atoms with Gasteiger partial charge >= 0.3 is 94.6 Å². The van der Waals surface area contributed by atoms with Crippen molar-refractivity contribution in [3.05, 3.63) is 54.2 Å². The number of rotatable bonds is 6. The smallest absolute Gasteiger partial charge is 0.492 e. The Hall–Kier alpha value is -0.660. The van der Waals surface area contributed by atoms with Crippen molar-refractivity contribution in [1.29, 1.82) is 0 Å². The van der Waals surface area contributed by atoms with E-state index in [1.807, 2.05) is 0 Å². The Bertz CT molecular complexity index is 1410. The maximum atomic E-state index is 11.5. The van der Waals surface area contributed by atoms with E-state index < -0.39 is 48.4 Å². The zero-order valence-corrected chi connectivity index (χ0v) is 25.7. The molecule has 3 aromatic rings. The molecule has 162 valence electrons. The number of carboxylic acids is 1. The molecule has 0 unspecified atom stereocenters. The van der Waals surface area contributed by atoms with Crippen LogP contribution in [0.5, 0.6) is 5.88 Å². The molecule has 0 atom stereocenters. The van der Waals surface area contributed by atoms with Crippen LogP contribution in [0.25, 0.3) is 5.69 Å². The summed E-state index contributed by atoms with van der Waals surface area (Å²) in [6.45, 7) is 0. The number of aromatic nitrogens is 2. The van der Waals surface area contributed by atoms with Crippen LogP contribution in [0.2, 0.25) is 0 Å². The number of carbonyl (C=O) groups is 1. The molecule has 0 saturated heterocycles. The molecule has 18 heteroatoms. The third kappa shape index (κ3) is 7.92. The topological polar surface area (TPSA) is 209 Å². The van der Waals surface area contributed by atoms with Gasteiger partial charge in [-0.25, -0.2) is 4.79 Å². The van der Waals surface area contributed by atoms with Crippen molar-refractivity contribution in [2.24, 2.45) is 10.2 Å². The van der Waals surface area contributed by atoms with Gasteiger partial charge in [0, 0.05) is 0 Å². The Kier molecular flexibility index (Phi) is 12.8. The molecule has 0 aliphatic carbocycles. The van der Waals surface area contributed by atoms with Crippen LogP contribution in [0.4, 0.5) is 11.4 Å². The van der Waals surface area contributed by atoms with Gasteiger partial charge in [0.1, 0.15) is 0 Å². The number of aromatic carboxylic acids is 1. The molecule has 0 fully saturated rings. The van der Waals surface area contributed by atoms with Crippen molar-refractivity contribution < 1.29 is 130 Å². The van der Waals surface area contributed by atoms with Crippen molar-refractivity contribution in [3.63, 3.8) is 0 Å². The fraction of sp³-hybridized carbons (Fsp3) is 0. The number of hydrogen-bond donors (Lipinski definition) is 4. The first kappa shape index (κ1) is 33.3. The fourth-order valence-electron chi connectivity index (χ4n) is 2.37. The van der Waals surface area contributed by atoms with Gasteiger partial charge in [0.15, 0.2) is 5.69 Å². The summed E-state index contributed by atoms with van der Waals surface area (Å²) >= 11 is 0. The summed E-state index contributed by atoms with van der Waals surface area (Å²) in [5, 5.41) is 30.8. The van der Waals surface area contributed by atoms with Crippen LogP contribution >= 0.6 is 0 Å². The monoisotopic (exact) mass is 537 g/mol. The van der Waals surface area contributed by atoms with Crippen LogP contribution in [0.15, 0.2) is 68.6 Å². The van der Waals surface area contributed by atoms with Crippen LogP contribution in [-0.4, -0.2) is 51.9 Å². The third-order valence-corrected chi connectivity index (χ3v) is 5.55. The number of azo groups is 1. The van der Waals surface area contributed by atoms with Crippen molar-refractivity contribution >= 4 is 37.6 Å². The number of nitrogens with zero attached hydrogens (tertiary/aromatic N) is 4. The van der Waals surface area contributed by atoms with Crippen LogP contribution in [0.3, 0.4) is 0 Å². The third-order valence-electron chi connectivity index (χ3n) is 3.82. The summed E-state index contributed by atoms with van der Waals surface area (Å²) in [7, 11) is -8.86. The quantitative estimate of drug-likeness (QED) is 0.133. The fourth-order valence-corrected chi connectivity index (χ4v) is 3.33. The molecule has 3 rings (SSSR count). The van der Waals surface area contributed by atoms with Gasteiger partial charge in [-0.3, -0.25) is 9.11 Å². The van der Waals surface area contributed by atoms with E-state index in [0.29, 0.717) is 0 Å². The van der Waals surface area contributed by atoms with E-state index in [1.54, 1.807) is 0 Å². The summed E-state index contributed by atoms with van der Waals surface area (Å²) < 4.78 is 63.1. The largest absolute Gasteiger partial charge is 1.00 e. The molecule has 1 aromatic heterocycles. The predicted octanol–water partition coefficient (Wildman–Crippen LogP) is -6.80. The second-order valence-electron chi connectivity index (χ2n) is 5.88. The Morgan fingerprint density at radius 1 is 0.794 bits per heavy atom. The number of carboxylic acid groups (broad SMARTS) is 1. The van der Waals surface area contributed by atoms with Crippen LogP contribution < -0.4 is 88.7 Å². The number of hydrogen-bond acceptors (Lipinski definition) is 9. The molecular formula is C16H12N4Na3O9S2+3. The number of benzene rings is 2. The maximum Gasteiger partial charge on any atom is 1.00 e. The average Bonchev–Trinajstić information content (AvgIpc) is 3.02. The minimum absolute atomic E-state index is 0. The van der Waals surface area contributed by atoms with Crippen molar-refractivity contribution in [3.8, 4) is 11.6 Å². The average molecular weight is 537 g/mol. The SMILES string of the molecule is O=C(O)c1nn(-c2ccc(S(=O)(=O)O)cc2)c(O)c1/N=N/c1ccc(S(=O)(=O)O)cc1.[Na+].[Na+].[Na+]. The number of aromatic hydroxyl groups is 1. The molecular weight excluding hydrogens is 525 g/mol. The summed E-state index contributed by atoms with van der Waals surface area (Å²) in [6, 6.07) is 8.82. The summed E-state index contributed by atoms with van der Waals surface area (Å²) in [4.78, 5) is 10.7. The second kappa shape index (κ2) is 13.0. The van der Waals surface area contributed by atoms with Crippen molar-refractivity contribution in [2.45, 2.75) is 9.79 Å². The van der Waals surface area contributed by atoms with Gasteiger partial charge in [0.2, 0.25) is 11.6 Å². The van der Waals surface area contributed by atoms with Crippen molar-refractivity contribution in [1.82, 2.24) is 9.78 Å². The predicted molar refractivity (Wildman–Crippen MR) is 102 cm³/mol. The summed E-state index contributed by atoms with van der Waals surface area (Å²) in [6.07, 6.45) is 0. The molecule has 0 aliphatic heterocycles. The van der Waals surface area contributed by atoms with Crippen LogP contribution in [0, 0.1) is 0 Å². The van der Waals surface area contributed by atoms with E-state index in [-0.39, 0.29) is 105 Å². The van der Waals surface area contributed by atoms with Gasteiger partial charge in [-0.2, -0.15) is 31.7 Å². The minimum Gasteiger partial charge on any atom is -0.492 e. The zero-order chi connectivity index (χ0) is 23.0. The Morgan fingerprint density at radius 3 is 1.65 bits per heavy atom. The van der Waals surface area contributed by atoms with E-state index in [2.05, 4.69) is 15.3 Å². The van der Waals surface area contributed by atoms with Crippen LogP contribution in [-0.2, 0) is 20.2 Å². The van der Waals surface area contributed by atoms with E-state index in [0.717, 1.165) is 41.1 Å². The molecule has 0 aliphatic rings. The molecule has 13 nitrogen and oxygen atoms in total. The molecule has 0 radical (unpaired) electrons. The molecule has 0 amide bonds. The Balaban J connectivity index is 0.00000363. The molecule has 1 heterocycles. The molecule has 4 N–H and O–H groups in total. The van der Waals surface area contributed by atoms with Gasteiger partial charge < -0.3 is 10.2 Å². The normalized spacial score (nSPS) is 11.2.